The summed E-state index contributed by atoms with van der Waals surface area (Å²) >= 11 is 0. The van der Waals surface area contributed by atoms with E-state index >= 15 is 0 Å². The summed E-state index contributed by atoms with van der Waals surface area (Å²) < 4.78 is 28.8. The zero-order valence-electron chi connectivity index (χ0n) is 13.1. The number of aromatic nitrogens is 2. The molecule has 1 aromatic heterocycles. The van der Waals surface area contributed by atoms with Crippen molar-refractivity contribution in [1.82, 2.24) is 19.4 Å². The van der Waals surface area contributed by atoms with Gasteiger partial charge in [-0.1, -0.05) is 6.92 Å². The third-order valence-electron chi connectivity index (χ3n) is 4.11. The van der Waals surface area contributed by atoms with Crippen LogP contribution in [0.1, 0.15) is 33.1 Å². The summed E-state index contributed by atoms with van der Waals surface area (Å²) in [7, 11) is -1.51. The van der Waals surface area contributed by atoms with Crippen molar-refractivity contribution in [3.05, 3.63) is 12.4 Å². The fourth-order valence-electron chi connectivity index (χ4n) is 2.90. The van der Waals surface area contributed by atoms with E-state index in [-0.39, 0.29) is 6.04 Å². The molecule has 2 rings (SSSR count). The highest BCUT2D eigenvalue weighted by atomic mass is 32.2. The Labute approximate surface area is 127 Å². The number of nitrogens with zero attached hydrogens (tertiary/aromatic N) is 3. The van der Waals surface area contributed by atoms with E-state index < -0.39 is 10.0 Å². The third-order valence-corrected chi connectivity index (χ3v) is 6.07. The minimum absolute atomic E-state index is 0.0615. The second-order valence-electron chi connectivity index (χ2n) is 5.99. The van der Waals surface area contributed by atoms with Crippen molar-refractivity contribution < 1.29 is 8.42 Å². The zero-order valence-corrected chi connectivity index (χ0v) is 13.9. The van der Waals surface area contributed by atoms with Gasteiger partial charge in [-0.3, -0.25) is 4.68 Å². The highest BCUT2D eigenvalue weighted by Crippen LogP contribution is 2.27. The van der Waals surface area contributed by atoms with E-state index in [2.05, 4.69) is 17.3 Å². The molecule has 0 radical (unpaired) electrons. The SMILES string of the molecule is CNCCCn1cc(S(=O)(=O)N2CCC(C)CC2C)cn1. The first-order chi connectivity index (χ1) is 9.95. The quantitative estimate of drug-likeness (QED) is 0.804. The molecule has 2 atom stereocenters. The van der Waals surface area contributed by atoms with E-state index in [9.17, 15) is 8.42 Å². The third kappa shape index (κ3) is 3.84. The van der Waals surface area contributed by atoms with Crippen LogP contribution in [0, 0.1) is 5.92 Å². The van der Waals surface area contributed by atoms with Crippen LogP contribution in [0.4, 0.5) is 0 Å². The topological polar surface area (TPSA) is 67.2 Å². The summed E-state index contributed by atoms with van der Waals surface area (Å²) in [5, 5.41) is 7.24. The van der Waals surface area contributed by atoms with E-state index in [1.807, 2.05) is 14.0 Å². The molecule has 2 unspecified atom stereocenters. The normalized spacial score (nSPS) is 24.3. The number of nitrogens with one attached hydrogen (secondary N) is 1. The molecular weight excluding hydrogens is 288 g/mol. The largest absolute Gasteiger partial charge is 0.320 e. The fraction of sp³-hybridized carbons (Fsp3) is 0.786. The Balaban J connectivity index is 2.09. The van der Waals surface area contributed by atoms with Crippen LogP contribution in [0.2, 0.25) is 0 Å². The molecule has 6 nitrogen and oxygen atoms in total. The van der Waals surface area contributed by atoms with E-state index in [0.717, 1.165) is 32.4 Å². The van der Waals surface area contributed by atoms with E-state index in [1.165, 1.54) is 6.20 Å². The highest BCUT2D eigenvalue weighted by Gasteiger charge is 2.33. The molecule has 0 bridgehead atoms. The Morgan fingerprint density at radius 3 is 2.86 bits per heavy atom. The molecule has 1 aliphatic rings. The van der Waals surface area contributed by atoms with Gasteiger partial charge in [-0.2, -0.15) is 9.40 Å². The van der Waals surface area contributed by atoms with Crippen molar-refractivity contribution in [3.8, 4) is 0 Å². The highest BCUT2D eigenvalue weighted by molar-refractivity contribution is 7.89. The molecular formula is C14H26N4O2S. The lowest BCUT2D eigenvalue weighted by Crippen LogP contribution is -2.43. The maximum atomic E-state index is 12.7. The number of rotatable bonds is 6. The average Bonchev–Trinajstić information content (AvgIpc) is 2.88. The first-order valence-corrected chi connectivity index (χ1v) is 9.08. The molecule has 1 fully saturated rings. The van der Waals surface area contributed by atoms with Gasteiger partial charge in [0.1, 0.15) is 4.90 Å². The second-order valence-corrected chi connectivity index (χ2v) is 7.88. The maximum absolute atomic E-state index is 12.7. The lowest BCUT2D eigenvalue weighted by molar-refractivity contribution is 0.220. The molecule has 0 aromatic carbocycles. The van der Waals surface area contributed by atoms with Gasteiger partial charge in [-0.15, -0.1) is 0 Å². The minimum atomic E-state index is -3.41. The molecule has 0 aliphatic carbocycles. The van der Waals surface area contributed by atoms with Crippen LogP contribution in [0.15, 0.2) is 17.3 Å². The van der Waals surface area contributed by atoms with Crippen molar-refractivity contribution in [2.75, 3.05) is 20.1 Å². The van der Waals surface area contributed by atoms with Crippen molar-refractivity contribution >= 4 is 10.0 Å². The van der Waals surface area contributed by atoms with Gasteiger partial charge in [0, 0.05) is 25.3 Å². The summed E-state index contributed by atoms with van der Waals surface area (Å²) in [5.41, 5.74) is 0. The van der Waals surface area contributed by atoms with Gasteiger partial charge in [0.25, 0.3) is 0 Å². The molecule has 0 saturated carbocycles. The Hall–Kier alpha value is -0.920. The van der Waals surface area contributed by atoms with Crippen molar-refractivity contribution in [3.63, 3.8) is 0 Å². The fourth-order valence-corrected chi connectivity index (χ4v) is 4.51. The maximum Gasteiger partial charge on any atom is 0.246 e. The molecule has 7 heteroatoms. The number of hydrogen-bond donors (Lipinski definition) is 1. The Morgan fingerprint density at radius 1 is 1.43 bits per heavy atom. The van der Waals surface area contributed by atoms with E-state index in [0.29, 0.717) is 17.4 Å². The molecule has 21 heavy (non-hydrogen) atoms. The molecule has 1 saturated heterocycles. The Bertz CT molecular complexity index is 555. The minimum Gasteiger partial charge on any atom is -0.320 e. The van der Waals surface area contributed by atoms with Gasteiger partial charge in [-0.25, -0.2) is 8.42 Å². The number of piperidine rings is 1. The van der Waals surface area contributed by atoms with Crippen LogP contribution in [-0.2, 0) is 16.6 Å². The van der Waals surface area contributed by atoms with Crippen LogP contribution in [0.25, 0.3) is 0 Å². The first kappa shape index (κ1) is 16.5. The summed E-state index contributed by atoms with van der Waals surface area (Å²) in [6.45, 7) is 6.40. The van der Waals surface area contributed by atoms with Gasteiger partial charge in [0.15, 0.2) is 0 Å². The Kier molecular flexibility index (Phi) is 5.40. The van der Waals surface area contributed by atoms with Crippen LogP contribution in [-0.4, -0.2) is 48.7 Å². The Morgan fingerprint density at radius 2 is 2.19 bits per heavy atom. The standard InChI is InChI=1S/C14H26N4O2S/c1-12-5-8-18(13(2)9-12)21(19,20)14-10-16-17(11-14)7-4-6-15-3/h10-13,15H,4-9H2,1-3H3. The van der Waals surface area contributed by atoms with E-state index in [4.69, 9.17) is 0 Å². The van der Waals surface area contributed by atoms with Crippen LogP contribution in [0.5, 0.6) is 0 Å². The number of aryl methyl sites for hydroxylation is 1. The summed E-state index contributed by atoms with van der Waals surface area (Å²) in [4.78, 5) is 0.313. The number of sulfonamides is 1. The average molecular weight is 314 g/mol. The lowest BCUT2D eigenvalue weighted by Gasteiger charge is -2.35. The summed E-state index contributed by atoms with van der Waals surface area (Å²) in [6, 6.07) is 0.0615. The van der Waals surface area contributed by atoms with Crippen molar-refractivity contribution in [2.24, 2.45) is 5.92 Å². The zero-order chi connectivity index (χ0) is 15.5. The van der Waals surface area contributed by atoms with Gasteiger partial charge < -0.3 is 5.32 Å². The van der Waals surface area contributed by atoms with Crippen LogP contribution >= 0.6 is 0 Å². The van der Waals surface area contributed by atoms with Gasteiger partial charge >= 0.3 is 0 Å². The molecule has 1 aromatic rings. The monoisotopic (exact) mass is 314 g/mol. The summed E-state index contributed by atoms with van der Waals surface area (Å²) in [6.07, 6.45) is 5.90. The predicted octanol–water partition coefficient (Wildman–Crippen LogP) is 1.30. The summed E-state index contributed by atoms with van der Waals surface area (Å²) in [5.74, 6) is 0.593. The van der Waals surface area contributed by atoms with E-state index in [1.54, 1.807) is 15.2 Å². The molecule has 1 N–H and O–H groups in total. The van der Waals surface area contributed by atoms with Crippen molar-refractivity contribution in [1.29, 1.82) is 0 Å². The second kappa shape index (κ2) is 6.89. The van der Waals surface area contributed by atoms with Gasteiger partial charge in [0.05, 0.1) is 6.20 Å². The van der Waals surface area contributed by atoms with Gasteiger partial charge in [-0.05, 0) is 45.7 Å². The van der Waals surface area contributed by atoms with Crippen LogP contribution < -0.4 is 5.32 Å². The smallest absolute Gasteiger partial charge is 0.246 e. The van der Waals surface area contributed by atoms with Crippen LogP contribution in [0.3, 0.4) is 0 Å². The first-order valence-electron chi connectivity index (χ1n) is 7.64. The molecule has 2 heterocycles. The molecule has 0 amide bonds. The molecule has 0 spiro atoms. The predicted molar refractivity (Wildman–Crippen MR) is 82.5 cm³/mol. The van der Waals surface area contributed by atoms with Gasteiger partial charge in [0.2, 0.25) is 10.0 Å². The van der Waals surface area contributed by atoms with Crippen molar-refractivity contribution in [2.45, 2.75) is 50.6 Å². The molecule has 120 valence electrons. The lowest BCUT2D eigenvalue weighted by atomic mass is 9.95. The molecule has 1 aliphatic heterocycles. The number of hydrogen-bond acceptors (Lipinski definition) is 4.